The zero-order chi connectivity index (χ0) is 35.3. The summed E-state index contributed by atoms with van der Waals surface area (Å²) in [6, 6.07) is 12.0. The summed E-state index contributed by atoms with van der Waals surface area (Å²) in [5.74, 6) is 2.30. The van der Waals surface area contributed by atoms with Crippen LogP contribution >= 0.6 is 0 Å². The minimum atomic E-state index is -0.519. The van der Waals surface area contributed by atoms with Crippen molar-refractivity contribution in [3.63, 3.8) is 0 Å². The molecule has 1 aliphatic heterocycles. The van der Waals surface area contributed by atoms with Gasteiger partial charge in [0.2, 0.25) is 0 Å². The molecule has 0 bridgehead atoms. The second-order valence-electron chi connectivity index (χ2n) is 17.1. The first-order valence-corrected chi connectivity index (χ1v) is 19.7. The molecule has 8 rings (SSSR count). The number of nitrogens with zero attached hydrogens (tertiary/aromatic N) is 3. The van der Waals surface area contributed by atoms with Gasteiger partial charge in [0.25, 0.3) is 11.5 Å². The zero-order valence-electron chi connectivity index (χ0n) is 30.4. The largest absolute Gasteiger partial charge is 0.393 e. The van der Waals surface area contributed by atoms with Gasteiger partial charge in [0.15, 0.2) is 0 Å². The minimum absolute atomic E-state index is 0.0835. The summed E-state index contributed by atoms with van der Waals surface area (Å²) in [5, 5.41) is 18.5. The normalized spacial score (nSPS) is 33.8. The Balaban J connectivity index is 0.810. The lowest BCUT2D eigenvalue weighted by Gasteiger charge is -2.60. The summed E-state index contributed by atoms with van der Waals surface area (Å²) in [6.45, 7) is 9.48. The fourth-order valence-corrected chi connectivity index (χ4v) is 11.7. The summed E-state index contributed by atoms with van der Waals surface area (Å²) < 4.78 is 21.7. The van der Waals surface area contributed by atoms with Crippen LogP contribution in [-0.2, 0) is 11.2 Å². The van der Waals surface area contributed by atoms with Crippen molar-refractivity contribution in [1.29, 1.82) is 0 Å². The van der Waals surface area contributed by atoms with Gasteiger partial charge in [-0.2, -0.15) is 5.10 Å². The van der Waals surface area contributed by atoms with E-state index in [0.29, 0.717) is 48.0 Å². The highest BCUT2D eigenvalue weighted by molar-refractivity contribution is 5.95. The van der Waals surface area contributed by atoms with Gasteiger partial charge in [0.05, 0.1) is 28.9 Å². The van der Waals surface area contributed by atoms with E-state index >= 15 is 0 Å². The third kappa shape index (κ3) is 6.46. The molecule has 9 heteroatoms. The number of fused-ring (bicyclic) bond motifs is 6. The van der Waals surface area contributed by atoms with E-state index in [1.807, 2.05) is 18.2 Å². The lowest BCUT2D eigenvalue weighted by atomic mass is 9.45. The number of aromatic nitrogens is 2. The number of H-pyrrole nitrogens is 1. The van der Waals surface area contributed by atoms with Crippen molar-refractivity contribution < 1.29 is 19.0 Å². The molecule has 1 saturated heterocycles. The van der Waals surface area contributed by atoms with Crippen LogP contribution in [0.1, 0.15) is 99.7 Å². The molecule has 4 aliphatic carbocycles. The summed E-state index contributed by atoms with van der Waals surface area (Å²) in [4.78, 5) is 29.9. The number of ether oxygens (including phenoxy) is 1. The highest BCUT2D eigenvalue weighted by Crippen LogP contribution is 2.66. The van der Waals surface area contributed by atoms with Crippen molar-refractivity contribution in [2.24, 2.45) is 34.5 Å². The molecule has 3 aromatic rings. The number of piperazine rings is 1. The van der Waals surface area contributed by atoms with E-state index in [4.69, 9.17) is 4.74 Å². The quantitative estimate of drug-likeness (QED) is 0.258. The minimum Gasteiger partial charge on any atom is -0.393 e. The first-order valence-electron chi connectivity index (χ1n) is 19.7. The number of aromatic amines is 1. The third-order valence-electron chi connectivity index (χ3n) is 14.6. The number of aliphatic hydroxyl groups excluding tert-OH is 1. The van der Waals surface area contributed by atoms with Crippen LogP contribution in [0.5, 0.6) is 0 Å². The van der Waals surface area contributed by atoms with Crippen molar-refractivity contribution in [1.82, 2.24) is 20.0 Å². The molecule has 8 atom stereocenters. The molecule has 1 aromatic heterocycles. The van der Waals surface area contributed by atoms with Gasteiger partial charge in [-0.3, -0.25) is 14.5 Å². The van der Waals surface area contributed by atoms with E-state index in [1.165, 1.54) is 51.0 Å². The number of amides is 1. The number of aliphatic hydroxyl groups is 1. The maximum Gasteiger partial charge on any atom is 0.272 e. The zero-order valence-corrected chi connectivity index (χ0v) is 30.4. The van der Waals surface area contributed by atoms with Gasteiger partial charge < -0.3 is 14.7 Å². The molecule has 1 amide bonds. The first kappa shape index (κ1) is 34.9. The molecule has 0 spiro atoms. The Kier molecular flexibility index (Phi) is 9.60. The number of halogens is 1. The van der Waals surface area contributed by atoms with Crippen molar-refractivity contribution in [2.75, 3.05) is 39.3 Å². The monoisotopic (exact) mass is 698 g/mol. The van der Waals surface area contributed by atoms with E-state index in [1.54, 1.807) is 23.1 Å². The van der Waals surface area contributed by atoms with Gasteiger partial charge in [-0.1, -0.05) is 38.1 Å². The molecule has 274 valence electrons. The molecule has 2 heterocycles. The van der Waals surface area contributed by atoms with E-state index in [2.05, 4.69) is 28.9 Å². The molecule has 0 radical (unpaired) electrons. The van der Waals surface area contributed by atoms with E-state index in [0.717, 1.165) is 74.2 Å². The average molecular weight is 699 g/mol. The number of carbonyl (C=O) groups is 1. The number of carbonyl (C=O) groups excluding carboxylic acids is 1. The predicted octanol–water partition coefficient (Wildman–Crippen LogP) is 6.59. The molecule has 5 fully saturated rings. The van der Waals surface area contributed by atoms with Gasteiger partial charge in [-0.15, -0.1) is 0 Å². The van der Waals surface area contributed by atoms with Crippen molar-refractivity contribution in [2.45, 2.75) is 96.7 Å². The average Bonchev–Trinajstić information content (AvgIpc) is 3.48. The van der Waals surface area contributed by atoms with Crippen molar-refractivity contribution in [3.8, 4) is 0 Å². The van der Waals surface area contributed by atoms with Gasteiger partial charge in [-0.25, -0.2) is 9.49 Å². The number of hydrogen-bond acceptors (Lipinski definition) is 6. The molecule has 51 heavy (non-hydrogen) atoms. The van der Waals surface area contributed by atoms with Crippen LogP contribution in [0, 0.1) is 40.3 Å². The molecular weight excluding hydrogens is 643 g/mol. The van der Waals surface area contributed by atoms with Crippen molar-refractivity contribution >= 4 is 16.7 Å². The molecule has 2 N–H and O–H groups in total. The van der Waals surface area contributed by atoms with E-state index in [9.17, 15) is 19.1 Å². The number of benzene rings is 2. The topological polar surface area (TPSA) is 98.8 Å². The molecule has 8 nitrogen and oxygen atoms in total. The van der Waals surface area contributed by atoms with Gasteiger partial charge in [0.1, 0.15) is 5.82 Å². The predicted molar refractivity (Wildman–Crippen MR) is 196 cm³/mol. The highest BCUT2D eigenvalue weighted by atomic mass is 19.1. The summed E-state index contributed by atoms with van der Waals surface area (Å²) in [7, 11) is 0. The van der Waals surface area contributed by atoms with Crippen LogP contribution in [0.15, 0.2) is 47.3 Å². The van der Waals surface area contributed by atoms with Crippen LogP contribution in [0.25, 0.3) is 10.8 Å². The Bertz CT molecular complexity index is 1810. The van der Waals surface area contributed by atoms with Crippen LogP contribution in [0.4, 0.5) is 4.39 Å². The SMILES string of the molecule is C[C@]12CCC(O)C[C@@H]1CC[C@@H]1[C@@H]2CC[C@]2(C)[C@@H](OCCCN3CCN(C(=O)c4cc(Cc5n[nH]c(=O)c6ccccc56)ccc4F)CC3)CC[C@@H]12. The maximum absolute atomic E-state index is 15.0. The maximum atomic E-state index is 15.0. The van der Waals surface area contributed by atoms with E-state index in [-0.39, 0.29) is 28.5 Å². The van der Waals surface area contributed by atoms with Gasteiger partial charge in [0, 0.05) is 51.1 Å². The molecular formula is C42H55FN4O4. The van der Waals surface area contributed by atoms with Crippen LogP contribution in [0.2, 0.25) is 0 Å². The fourth-order valence-electron chi connectivity index (χ4n) is 11.7. The number of nitrogens with one attached hydrogen (secondary N) is 1. The standard InChI is InChI=1S/C42H55FN4O4/c1-41-16-14-29(48)26-28(41)9-10-32-34-11-13-38(42(34,2)17-15-35(32)41)51-23-5-18-46-19-21-47(22-20-46)40(50)33-24-27(8-12-36(33)43)25-37-30-6-3-4-7-31(30)39(49)45-44-37/h3-4,6-8,12,24,28-29,32,34-35,38,48H,5,9-11,13-23,25-26H2,1-2H3,(H,45,49)/t28-,29?,32-,34-,35-,38-,41-,42-/m0/s1. The lowest BCUT2D eigenvalue weighted by Crippen LogP contribution is -2.54. The number of rotatable bonds is 8. The Hall–Kier alpha value is -3.14. The number of hydrogen-bond donors (Lipinski definition) is 2. The molecule has 4 saturated carbocycles. The van der Waals surface area contributed by atoms with Crippen LogP contribution < -0.4 is 5.56 Å². The van der Waals surface area contributed by atoms with Crippen molar-refractivity contribution in [3.05, 3.63) is 75.5 Å². The Morgan fingerprint density at radius 3 is 2.55 bits per heavy atom. The fraction of sp³-hybridized carbons (Fsp3) is 0.643. The summed E-state index contributed by atoms with van der Waals surface area (Å²) >= 11 is 0. The van der Waals surface area contributed by atoms with Gasteiger partial charge >= 0.3 is 0 Å². The molecule has 1 unspecified atom stereocenters. The second kappa shape index (κ2) is 14.0. The molecule has 5 aliphatic rings. The Morgan fingerprint density at radius 1 is 0.961 bits per heavy atom. The third-order valence-corrected chi connectivity index (χ3v) is 14.6. The summed E-state index contributed by atoms with van der Waals surface area (Å²) in [6.07, 6.45) is 12.5. The van der Waals surface area contributed by atoms with Crippen LogP contribution in [-0.4, -0.2) is 82.5 Å². The van der Waals surface area contributed by atoms with E-state index < -0.39 is 5.82 Å². The Morgan fingerprint density at radius 2 is 1.73 bits per heavy atom. The Labute approximate surface area is 301 Å². The molecule has 2 aromatic carbocycles. The lowest BCUT2D eigenvalue weighted by molar-refractivity contribution is -0.141. The smallest absolute Gasteiger partial charge is 0.272 e. The van der Waals surface area contributed by atoms with Crippen LogP contribution in [0.3, 0.4) is 0 Å². The highest BCUT2D eigenvalue weighted by Gasteiger charge is 2.60. The summed E-state index contributed by atoms with van der Waals surface area (Å²) in [5.41, 5.74) is 1.98. The second-order valence-corrected chi connectivity index (χ2v) is 17.1. The van der Waals surface area contributed by atoms with Gasteiger partial charge in [-0.05, 0) is 122 Å². The first-order chi connectivity index (χ1) is 24.6.